The summed E-state index contributed by atoms with van der Waals surface area (Å²) in [7, 11) is 0. The third kappa shape index (κ3) is 2.78. The fraction of sp³-hybridized carbons (Fsp3) is 0.263. The van der Waals surface area contributed by atoms with Gasteiger partial charge in [0.25, 0.3) is 0 Å². The minimum absolute atomic E-state index is 0.327. The third-order valence-corrected chi connectivity index (χ3v) is 5.29. The number of fused-ring (bicyclic) bond motifs is 1. The summed E-state index contributed by atoms with van der Waals surface area (Å²) in [6, 6.07) is 8.15. The van der Waals surface area contributed by atoms with Crippen molar-refractivity contribution in [1.82, 2.24) is 49.3 Å². The minimum atomic E-state index is 0.327. The van der Waals surface area contributed by atoms with Crippen LogP contribution in [0.15, 0.2) is 49.2 Å². The lowest BCUT2D eigenvalue weighted by molar-refractivity contribution is 0.0662. The molecule has 0 aliphatic carbocycles. The summed E-state index contributed by atoms with van der Waals surface area (Å²) in [6.07, 6.45) is 8.97. The van der Waals surface area contributed by atoms with Crippen LogP contribution in [0.3, 0.4) is 0 Å². The average Bonchev–Trinajstić information content (AvgIpc) is 3.59. The van der Waals surface area contributed by atoms with Gasteiger partial charge in [0.1, 0.15) is 6.33 Å². The quantitative estimate of drug-likeness (QED) is 0.488. The van der Waals surface area contributed by atoms with Gasteiger partial charge in [0.15, 0.2) is 17.5 Å². The second kappa shape index (κ2) is 6.88. The fourth-order valence-corrected chi connectivity index (χ4v) is 3.79. The van der Waals surface area contributed by atoms with E-state index in [4.69, 9.17) is 14.8 Å². The van der Waals surface area contributed by atoms with Crippen LogP contribution in [-0.4, -0.2) is 62.6 Å². The van der Waals surface area contributed by atoms with Crippen molar-refractivity contribution in [3.63, 3.8) is 0 Å². The molecule has 150 valence electrons. The normalized spacial score (nSPS) is 15.2. The van der Waals surface area contributed by atoms with Gasteiger partial charge in [0.05, 0.1) is 11.6 Å². The molecule has 0 bridgehead atoms. The molecular weight excluding hydrogens is 384 g/mol. The average molecular weight is 402 g/mol. The number of hydrogen-bond acceptors (Lipinski definition) is 7. The lowest BCUT2D eigenvalue weighted by Gasteiger charge is -2.22. The molecule has 0 atom stereocenters. The molecular formula is C19H18N10O. The Labute approximate surface area is 170 Å². The van der Waals surface area contributed by atoms with E-state index >= 15 is 0 Å². The molecule has 1 aliphatic rings. The topological polar surface area (TPSA) is 117 Å². The first-order chi connectivity index (χ1) is 14.9. The van der Waals surface area contributed by atoms with E-state index in [1.54, 1.807) is 10.9 Å². The van der Waals surface area contributed by atoms with Crippen molar-refractivity contribution in [1.29, 1.82) is 0 Å². The highest BCUT2D eigenvalue weighted by Gasteiger charge is 2.22. The maximum Gasteiger partial charge on any atom is 0.219 e. The highest BCUT2D eigenvalue weighted by molar-refractivity contribution is 5.78. The summed E-state index contributed by atoms with van der Waals surface area (Å²) in [5.41, 5.74) is 1.83. The monoisotopic (exact) mass is 402 g/mol. The van der Waals surface area contributed by atoms with E-state index in [1.807, 2.05) is 45.9 Å². The first kappa shape index (κ1) is 17.0. The van der Waals surface area contributed by atoms with Crippen LogP contribution in [0, 0.1) is 0 Å². The van der Waals surface area contributed by atoms with E-state index in [-0.39, 0.29) is 0 Å². The summed E-state index contributed by atoms with van der Waals surface area (Å²) >= 11 is 0. The van der Waals surface area contributed by atoms with Crippen LogP contribution in [-0.2, 0) is 4.74 Å². The van der Waals surface area contributed by atoms with Crippen LogP contribution in [0.4, 0.5) is 0 Å². The smallest absolute Gasteiger partial charge is 0.219 e. The number of hydrogen-bond donors (Lipinski definition) is 1. The summed E-state index contributed by atoms with van der Waals surface area (Å²) in [4.78, 5) is 8.95. The number of ether oxygens (including phenoxy) is 1. The lowest BCUT2D eigenvalue weighted by atomic mass is 10.1. The van der Waals surface area contributed by atoms with Gasteiger partial charge in [-0.1, -0.05) is 0 Å². The minimum Gasteiger partial charge on any atom is -0.381 e. The molecule has 0 unspecified atom stereocenters. The number of rotatable bonds is 4. The molecule has 0 spiro atoms. The van der Waals surface area contributed by atoms with E-state index in [0.717, 1.165) is 37.1 Å². The SMILES string of the molecule is c1cnn2ccc(-c3nc(-c4ncn[nH]4)nn3-c3ccn(C4CCOCC4)n3)c2c1. The number of nitrogens with one attached hydrogen (secondary N) is 1. The second-order valence-corrected chi connectivity index (χ2v) is 7.09. The molecule has 0 saturated carbocycles. The van der Waals surface area contributed by atoms with Crippen molar-refractivity contribution in [2.75, 3.05) is 13.2 Å². The second-order valence-electron chi connectivity index (χ2n) is 7.09. The molecule has 0 amide bonds. The molecule has 6 rings (SSSR count). The van der Waals surface area contributed by atoms with E-state index in [2.05, 4.69) is 25.4 Å². The molecule has 11 heteroatoms. The van der Waals surface area contributed by atoms with Crippen LogP contribution in [0.1, 0.15) is 18.9 Å². The Morgan fingerprint density at radius 2 is 2.00 bits per heavy atom. The Bertz CT molecular complexity index is 1290. The summed E-state index contributed by atoms with van der Waals surface area (Å²) < 4.78 is 11.0. The van der Waals surface area contributed by atoms with Crippen LogP contribution >= 0.6 is 0 Å². The molecule has 0 aromatic carbocycles. The molecule has 11 nitrogen and oxygen atoms in total. The Morgan fingerprint density at radius 3 is 2.87 bits per heavy atom. The van der Waals surface area contributed by atoms with Crippen molar-refractivity contribution < 1.29 is 4.74 Å². The Kier molecular flexibility index (Phi) is 3.91. The largest absolute Gasteiger partial charge is 0.381 e. The zero-order valence-electron chi connectivity index (χ0n) is 16.0. The molecule has 0 radical (unpaired) electrons. The molecule has 5 aromatic rings. The van der Waals surface area contributed by atoms with Crippen molar-refractivity contribution in [2.24, 2.45) is 0 Å². The van der Waals surface area contributed by atoms with Gasteiger partial charge in [-0.2, -0.15) is 20.0 Å². The zero-order valence-corrected chi connectivity index (χ0v) is 16.0. The maximum absolute atomic E-state index is 5.47. The molecule has 1 fully saturated rings. The number of H-pyrrole nitrogens is 1. The maximum atomic E-state index is 5.47. The summed E-state index contributed by atoms with van der Waals surface area (Å²) in [5, 5.41) is 20.6. The summed E-state index contributed by atoms with van der Waals surface area (Å²) in [5.74, 6) is 2.30. The predicted molar refractivity (Wildman–Crippen MR) is 106 cm³/mol. The van der Waals surface area contributed by atoms with Gasteiger partial charge in [-0.05, 0) is 31.0 Å². The zero-order chi connectivity index (χ0) is 19.9. The van der Waals surface area contributed by atoms with Crippen LogP contribution < -0.4 is 0 Å². The molecule has 6 heterocycles. The lowest BCUT2D eigenvalue weighted by Crippen LogP contribution is -2.20. The Morgan fingerprint density at radius 1 is 1.07 bits per heavy atom. The Hall–Kier alpha value is -3.86. The predicted octanol–water partition coefficient (Wildman–Crippen LogP) is 1.92. The number of aromatic amines is 1. The first-order valence-corrected chi connectivity index (χ1v) is 9.75. The van der Waals surface area contributed by atoms with Crippen molar-refractivity contribution in [3.05, 3.63) is 49.2 Å². The van der Waals surface area contributed by atoms with Gasteiger partial charge in [0, 0.05) is 43.4 Å². The molecule has 1 aliphatic heterocycles. The van der Waals surface area contributed by atoms with Gasteiger partial charge >= 0.3 is 0 Å². The standard InChI is InChI=1S/C19H18N10O/c1-2-15-14(3-8-28(15)22-7-1)19-23-18(17-20-12-21-24-17)26-29(19)16-4-9-27(25-16)13-5-10-30-11-6-13/h1-4,7-9,12-13H,5-6,10-11H2,(H,20,21,24). The molecule has 1 saturated heterocycles. The van der Waals surface area contributed by atoms with Crippen molar-refractivity contribution >= 4 is 5.52 Å². The van der Waals surface area contributed by atoms with Gasteiger partial charge < -0.3 is 4.74 Å². The van der Waals surface area contributed by atoms with E-state index < -0.39 is 0 Å². The van der Waals surface area contributed by atoms with Crippen LogP contribution in [0.5, 0.6) is 0 Å². The molecule has 5 aromatic heterocycles. The van der Waals surface area contributed by atoms with Gasteiger partial charge in [-0.15, -0.1) is 5.10 Å². The first-order valence-electron chi connectivity index (χ1n) is 9.75. The van der Waals surface area contributed by atoms with Crippen LogP contribution in [0.25, 0.3) is 34.4 Å². The van der Waals surface area contributed by atoms with E-state index in [1.165, 1.54) is 6.33 Å². The Balaban J connectivity index is 1.49. The molecule has 1 N–H and O–H groups in total. The highest BCUT2D eigenvalue weighted by Crippen LogP contribution is 2.28. The highest BCUT2D eigenvalue weighted by atomic mass is 16.5. The fourth-order valence-electron chi connectivity index (χ4n) is 3.79. The van der Waals surface area contributed by atoms with Gasteiger partial charge in [-0.3, -0.25) is 9.78 Å². The number of aromatic nitrogens is 10. The van der Waals surface area contributed by atoms with E-state index in [9.17, 15) is 0 Å². The van der Waals surface area contributed by atoms with Crippen molar-refractivity contribution in [3.8, 4) is 28.9 Å². The number of nitrogens with zero attached hydrogens (tertiary/aromatic N) is 9. The summed E-state index contributed by atoms with van der Waals surface area (Å²) in [6.45, 7) is 1.52. The van der Waals surface area contributed by atoms with Crippen molar-refractivity contribution in [2.45, 2.75) is 18.9 Å². The molecule has 30 heavy (non-hydrogen) atoms. The third-order valence-electron chi connectivity index (χ3n) is 5.29. The van der Waals surface area contributed by atoms with Gasteiger partial charge in [0.2, 0.25) is 5.82 Å². The van der Waals surface area contributed by atoms with E-state index in [0.29, 0.717) is 29.3 Å². The van der Waals surface area contributed by atoms with Gasteiger partial charge in [-0.25, -0.2) is 14.5 Å². The van der Waals surface area contributed by atoms with Crippen LogP contribution in [0.2, 0.25) is 0 Å².